The van der Waals surface area contributed by atoms with Crippen LogP contribution in [0.3, 0.4) is 0 Å². The second-order valence-electron chi connectivity index (χ2n) is 7.76. The highest BCUT2D eigenvalue weighted by molar-refractivity contribution is 5.95. The lowest BCUT2D eigenvalue weighted by Crippen LogP contribution is -2.33. The molecule has 0 fully saturated rings. The van der Waals surface area contributed by atoms with Crippen LogP contribution < -0.4 is 21.1 Å². The summed E-state index contributed by atoms with van der Waals surface area (Å²) in [5, 5.41) is 13.9. The molecular weight excluding hydrogens is 424 g/mol. The molecule has 0 radical (unpaired) electrons. The number of hydrogen-bond donors (Lipinski definition) is 4. The van der Waals surface area contributed by atoms with Gasteiger partial charge >= 0.3 is 0 Å². The van der Waals surface area contributed by atoms with Gasteiger partial charge in [-0.3, -0.25) is 10.2 Å². The van der Waals surface area contributed by atoms with Crippen molar-refractivity contribution < 1.29 is 9.53 Å². The highest BCUT2D eigenvalue weighted by atomic mass is 16.5. The number of carbonyl (C=O) groups excluding carboxylic acids is 1. The van der Waals surface area contributed by atoms with E-state index in [4.69, 9.17) is 15.9 Å². The molecule has 34 heavy (non-hydrogen) atoms. The molecule has 0 saturated heterocycles. The number of nitrogen functional groups attached to an aromatic ring is 1. The molecular formula is C28H26N4O2. The summed E-state index contributed by atoms with van der Waals surface area (Å²) in [6.45, 7) is 0.418. The molecule has 5 N–H and O–H groups in total. The van der Waals surface area contributed by atoms with Crippen LogP contribution in [0.2, 0.25) is 0 Å². The fraction of sp³-hybridized carbons (Fsp3) is 0.0714. The first-order chi connectivity index (χ1) is 16.6. The zero-order chi connectivity index (χ0) is 23.8. The Morgan fingerprint density at radius 1 is 0.824 bits per heavy atom. The zero-order valence-corrected chi connectivity index (χ0v) is 18.6. The van der Waals surface area contributed by atoms with Crippen LogP contribution in [0.4, 0.5) is 5.69 Å². The number of anilines is 1. The van der Waals surface area contributed by atoms with E-state index in [1.165, 1.54) is 0 Å². The normalized spacial score (nSPS) is 11.3. The topological polar surface area (TPSA) is 100 Å². The Hall–Kier alpha value is -4.58. The largest absolute Gasteiger partial charge is 0.457 e. The molecule has 0 spiro atoms. The molecule has 0 aliphatic rings. The van der Waals surface area contributed by atoms with Crippen LogP contribution in [-0.2, 0) is 11.3 Å². The minimum atomic E-state index is -0.661. The van der Waals surface area contributed by atoms with Crippen molar-refractivity contribution in [1.82, 2.24) is 5.32 Å². The predicted octanol–water partition coefficient (Wildman–Crippen LogP) is 5.23. The molecule has 4 rings (SSSR count). The number of carbonyl (C=O) groups is 1. The van der Waals surface area contributed by atoms with Crippen LogP contribution in [-0.4, -0.2) is 11.7 Å². The summed E-state index contributed by atoms with van der Waals surface area (Å²) in [4.78, 5) is 13.3. The maximum atomic E-state index is 13.3. The molecule has 0 saturated carbocycles. The van der Waals surface area contributed by atoms with Gasteiger partial charge in [0.25, 0.3) is 0 Å². The standard InChI is InChI=1S/C28H26N4O2/c29-27(30)21-14-16-23(17-15-21)32-26(28(33)31-19-20-8-3-1-4-9-20)22-10-7-13-25(18-22)34-24-11-5-2-6-12-24/h1-18,26,32H,19H2,(H3,29,30)(H,31,33). The molecule has 4 aromatic rings. The van der Waals surface area contributed by atoms with E-state index in [9.17, 15) is 4.79 Å². The Kier molecular flexibility index (Phi) is 7.20. The van der Waals surface area contributed by atoms with Gasteiger partial charge in [-0.2, -0.15) is 0 Å². The Labute approximate surface area is 198 Å². The highest BCUT2D eigenvalue weighted by Gasteiger charge is 2.21. The molecule has 1 atom stereocenters. The van der Waals surface area contributed by atoms with Crippen molar-refractivity contribution in [3.05, 3.63) is 126 Å². The predicted molar refractivity (Wildman–Crippen MR) is 135 cm³/mol. The average Bonchev–Trinajstić information content (AvgIpc) is 2.87. The van der Waals surface area contributed by atoms with Crippen molar-refractivity contribution in [1.29, 1.82) is 5.41 Å². The third-order valence-corrected chi connectivity index (χ3v) is 5.25. The van der Waals surface area contributed by atoms with E-state index in [0.717, 1.165) is 22.6 Å². The maximum Gasteiger partial charge on any atom is 0.247 e. The maximum absolute atomic E-state index is 13.3. The summed E-state index contributed by atoms with van der Waals surface area (Å²) in [5.41, 5.74) is 8.69. The Morgan fingerprint density at radius 3 is 2.15 bits per heavy atom. The molecule has 170 valence electrons. The van der Waals surface area contributed by atoms with Gasteiger partial charge in [-0.1, -0.05) is 60.7 Å². The first kappa shape index (κ1) is 22.6. The molecule has 4 aromatic carbocycles. The van der Waals surface area contributed by atoms with Crippen molar-refractivity contribution in [2.24, 2.45) is 5.73 Å². The SMILES string of the molecule is N=C(N)c1ccc(NC(C(=O)NCc2ccccc2)c2cccc(Oc3ccccc3)c2)cc1. The number of rotatable bonds is 9. The van der Waals surface area contributed by atoms with Crippen LogP contribution in [0.15, 0.2) is 109 Å². The number of nitrogens with two attached hydrogens (primary N) is 1. The lowest BCUT2D eigenvalue weighted by Gasteiger charge is -2.21. The van der Waals surface area contributed by atoms with Crippen molar-refractivity contribution in [2.45, 2.75) is 12.6 Å². The zero-order valence-electron chi connectivity index (χ0n) is 18.6. The Bertz CT molecular complexity index is 1240. The van der Waals surface area contributed by atoms with Gasteiger partial charge in [-0.05, 0) is 59.7 Å². The molecule has 0 aromatic heterocycles. The summed E-state index contributed by atoms with van der Waals surface area (Å²) >= 11 is 0. The monoisotopic (exact) mass is 450 g/mol. The molecule has 6 heteroatoms. The molecule has 0 heterocycles. The minimum absolute atomic E-state index is 0.00512. The quantitative estimate of drug-likeness (QED) is 0.207. The highest BCUT2D eigenvalue weighted by Crippen LogP contribution is 2.27. The van der Waals surface area contributed by atoms with Crippen LogP contribution in [0.1, 0.15) is 22.7 Å². The van der Waals surface area contributed by atoms with E-state index in [2.05, 4.69) is 10.6 Å². The average molecular weight is 451 g/mol. The second-order valence-corrected chi connectivity index (χ2v) is 7.76. The minimum Gasteiger partial charge on any atom is -0.457 e. The van der Waals surface area contributed by atoms with Gasteiger partial charge in [0, 0.05) is 17.8 Å². The summed E-state index contributed by atoms with van der Waals surface area (Å²) in [6, 6.07) is 33.2. The van der Waals surface area contributed by atoms with E-state index in [1.807, 2.05) is 84.9 Å². The van der Waals surface area contributed by atoms with Gasteiger partial charge in [0.2, 0.25) is 5.91 Å². The summed E-state index contributed by atoms with van der Waals surface area (Å²) in [6.07, 6.45) is 0. The van der Waals surface area contributed by atoms with Gasteiger partial charge in [-0.15, -0.1) is 0 Å². The number of ether oxygens (including phenoxy) is 1. The molecule has 1 unspecified atom stereocenters. The van der Waals surface area contributed by atoms with Gasteiger partial charge < -0.3 is 21.1 Å². The molecule has 0 bridgehead atoms. The molecule has 6 nitrogen and oxygen atoms in total. The number of nitrogens with one attached hydrogen (secondary N) is 3. The molecule has 1 amide bonds. The number of benzene rings is 4. The second kappa shape index (κ2) is 10.8. The van der Waals surface area contributed by atoms with Gasteiger partial charge in [0.05, 0.1) is 0 Å². The van der Waals surface area contributed by atoms with E-state index in [-0.39, 0.29) is 11.7 Å². The van der Waals surface area contributed by atoms with Crippen LogP contribution >= 0.6 is 0 Å². The smallest absolute Gasteiger partial charge is 0.247 e. The number of amidine groups is 1. The van der Waals surface area contributed by atoms with E-state index < -0.39 is 6.04 Å². The van der Waals surface area contributed by atoms with Gasteiger partial charge in [0.15, 0.2) is 0 Å². The Balaban J connectivity index is 1.58. The van der Waals surface area contributed by atoms with Crippen molar-refractivity contribution in [3.8, 4) is 11.5 Å². The summed E-state index contributed by atoms with van der Waals surface area (Å²) < 4.78 is 5.97. The molecule has 0 aliphatic carbocycles. The van der Waals surface area contributed by atoms with Crippen molar-refractivity contribution >= 4 is 17.4 Å². The van der Waals surface area contributed by atoms with Crippen molar-refractivity contribution in [2.75, 3.05) is 5.32 Å². The summed E-state index contributed by atoms with van der Waals surface area (Å²) in [7, 11) is 0. The number of hydrogen-bond acceptors (Lipinski definition) is 4. The number of amides is 1. The van der Waals surface area contributed by atoms with Crippen LogP contribution in [0, 0.1) is 5.41 Å². The lowest BCUT2D eigenvalue weighted by atomic mass is 10.0. The van der Waals surface area contributed by atoms with Crippen LogP contribution in [0.5, 0.6) is 11.5 Å². The van der Waals surface area contributed by atoms with E-state index in [0.29, 0.717) is 17.9 Å². The van der Waals surface area contributed by atoms with E-state index >= 15 is 0 Å². The van der Waals surface area contributed by atoms with E-state index in [1.54, 1.807) is 24.3 Å². The van der Waals surface area contributed by atoms with Crippen molar-refractivity contribution in [3.63, 3.8) is 0 Å². The van der Waals surface area contributed by atoms with Crippen LogP contribution in [0.25, 0.3) is 0 Å². The number of para-hydroxylation sites is 1. The fourth-order valence-electron chi connectivity index (χ4n) is 3.48. The summed E-state index contributed by atoms with van der Waals surface area (Å²) in [5.74, 6) is 1.18. The first-order valence-electron chi connectivity index (χ1n) is 10.9. The first-order valence-corrected chi connectivity index (χ1v) is 10.9. The lowest BCUT2D eigenvalue weighted by molar-refractivity contribution is -0.122. The Morgan fingerprint density at radius 2 is 1.47 bits per heavy atom. The van der Waals surface area contributed by atoms with Gasteiger partial charge in [0.1, 0.15) is 23.4 Å². The third-order valence-electron chi connectivity index (χ3n) is 5.25. The fourth-order valence-corrected chi connectivity index (χ4v) is 3.48. The third kappa shape index (κ3) is 6.01. The van der Waals surface area contributed by atoms with Gasteiger partial charge in [-0.25, -0.2) is 0 Å². The molecule has 0 aliphatic heterocycles.